The standard InChI is InChI=1S/C27H26ClNO2S2/c28-26-18-17-25(33-26)27(30)31-19-11-4-2-1-3-6-12-21(20-29)23-15-9-10-16-24(23)32-22-13-7-5-8-14-22/h5,7-10,12-18H,1-4,6,11,19H2/b21-12+. The van der Waals surface area contributed by atoms with Crippen molar-refractivity contribution in [2.45, 2.75) is 48.3 Å². The molecule has 2 aromatic carbocycles. The molecule has 3 rings (SSSR count). The van der Waals surface area contributed by atoms with Gasteiger partial charge in [-0.3, -0.25) is 0 Å². The number of hydrogen-bond donors (Lipinski definition) is 0. The van der Waals surface area contributed by atoms with E-state index in [1.807, 2.05) is 36.4 Å². The van der Waals surface area contributed by atoms with Crippen molar-refractivity contribution >= 4 is 46.2 Å². The van der Waals surface area contributed by atoms with Crippen LogP contribution in [0.1, 0.15) is 53.8 Å². The predicted octanol–water partition coefficient (Wildman–Crippen LogP) is 8.66. The number of nitrogens with zero attached hydrogens (tertiary/aromatic N) is 1. The van der Waals surface area contributed by atoms with Crippen molar-refractivity contribution in [1.82, 2.24) is 0 Å². The quantitative estimate of drug-likeness (QED) is 0.143. The number of unbranched alkanes of at least 4 members (excludes halogenated alkanes) is 5. The van der Waals surface area contributed by atoms with Crippen LogP contribution in [0.15, 0.2) is 82.6 Å². The molecule has 6 heteroatoms. The number of rotatable bonds is 12. The summed E-state index contributed by atoms with van der Waals surface area (Å²) in [6, 6.07) is 24.1. The van der Waals surface area contributed by atoms with Crippen LogP contribution in [0.3, 0.4) is 0 Å². The summed E-state index contributed by atoms with van der Waals surface area (Å²) in [5.41, 5.74) is 1.72. The molecule has 0 unspecified atom stereocenters. The maximum atomic E-state index is 11.9. The Morgan fingerprint density at radius 1 is 0.970 bits per heavy atom. The minimum absolute atomic E-state index is 0.299. The maximum absolute atomic E-state index is 11.9. The average Bonchev–Trinajstić information content (AvgIpc) is 3.28. The van der Waals surface area contributed by atoms with Crippen LogP contribution in [0.5, 0.6) is 0 Å². The Hall–Kier alpha value is -2.52. The summed E-state index contributed by atoms with van der Waals surface area (Å²) in [5.74, 6) is -0.299. The normalized spacial score (nSPS) is 11.2. The molecule has 3 aromatic rings. The second-order valence-corrected chi connectivity index (χ2v) is 10.3. The molecule has 0 fully saturated rings. The number of thiophene rings is 1. The Labute approximate surface area is 209 Å². The highest BCUT2D eigenvalue weighted by molar-refractivity contribution is 7.99. The first-order valence-electron chi connectivity index (χ1n) is 11.0. The fourth-order valence-corrected chi connectivity index (χ4v) is 5.21. The van der Waals surface area contributed by atoms with Crippen molar-refractivity contribution in [2.75, 3.05) is 6.61 Å². The van der Waals surface area contributed by atoms with E-state index in [0.717, 1.165) is 59.5 Å². The third kappa shape index (κ3) is 8.40. The number of nitriles is 1. The third-order valence-electron chi connectivity index (χ3n) is 4.97. The predicted molar refractivity (Wildman–Crippen MR) is 138 cm³/mol. The lowest BCUT2D eigenvalue weighted by Crippen LogP contribution is -2.04. The molecule has 0 aliphatic carbocycles. The van der Waals surface area contributed by atoms with Crippen molar-refractivity contribution in [3.05, 3.63) is 87.6 Å². The van der Waals surface area contributed by atoms with Gasteiger partial charge in [0.05, 0.1) is 22.6 Å². The first-order chi connectivity index (χ1) is 16.2. The molecule has 0 atom stereocenters. The van der Waals surface area contributed by atoms with Crippen LogP contribution in [0.2, 0.25) is 4.34 Å². The topological polar surface area (TPSA) is 50.1 Å². The minimum atomic E-state index is -0.299. The molecule has 0 N–H and O–H groups in total. The Bertz CT molecular complexity index is 1100. The Kier molecular flexibility index (Phi) is 10.6. The van der Waals surface area contributed by atoms with E-state index < -0.39 is 0 Å². The number of allylic oxidation sites excluding steroid dienone is 2. The molecule has 0 radical (unpaired) electrons. The number of benzene rings is 2. The van der Waals surface area contributed by atoms with E-state index in [9.17, 15) is 10.1 Å². The molecule has 0 aliphatic heterocycles. The zero-order valence-corrected chi connectivity index (χ0v) is 20.7. The van der Waals surface area contributed by atoms with Gasteiger partial charge in [-0.2, -0.15) is 5.26 Å². The molecular formula is C27H26ClNO2S2. The average molecular weight is 496 g/mol. The van der Waals surface area contributed by atoms with Crippen molar-refractivity contribution in [2.24, 2.45) is 0 Å². The van der Waals surface area contributed by atoms with Crippen LogP contribution in [0, 0.1) is 11.3 Å². The number of carbonyl (C=O) groups is 1. The van der Waals surface area contributed by atoms with Gasteiger partial charge in [0.2, 0.25) is 0 Å². The zero-order chi connectivity index (χ0) is 23.3. The van der Waals surface area contributed by atoms with Gasteiger partial charge in [-0.15, -0.1) is 11.3 Å². The van der Waals surface area contributed by atoms with Gasteiger partial charge < -0.3 is 4.74 Å². The van der Waals surface area contributed by atoms with Gasteiger partial charge in [0, 0.05) is 15.4 Å². The van der Waals surface area contributed by atoms with Crippen LogP contribution in [0.4, 0.5) is 0 Å². The summed E-state index contributed by atoms with van der Waals surface area (Å²) in [7, 11) is 0. The van der Waals surface area contributed by atoms with E-state index in [1.165, 1.54) is 11.3 Å². The van der Waals surface area contributed by atoms with Crippen molar-refractivity contribution < 1.29 is 9.53 Å². The van der Waals surface area contributed by atoms with E-state index >= 15 is 0 Å². The molecule has 0 spiro atoms. The molecule has 1 aromatic heterocycles. The van der Waals surface area contributed by atoms with E-state index in [0.29, 0.717) is 15.8 Å². The Morgan fingerprint density at radius 3 is 2.45 bits per heavy atom. The smallest absolute Gasteiger partial charge is 0.348 e. The Morgan fingerprint density at radius 2 is 1.70 bits per heavy atom. The van der Waals surface area contributed by atoms with Gasteiger partial charge in [0.25, 0.3) is 0 Å². The summed E-state index contributed by atoms with van der Waals surface area (Å²) < 4.78 is 5.87. The maximum Gasteiger partial charge on any atom is 0.348 e. The van der Waals surface area contributed by atoms with Crippen LogP contribution in [-0.2, 0) is 4.74 Å². The van der Waals surface area contributed by atoms with Gasteiger partial charge in [-0.05, 0) is 49.6 Å². The summed E-state index contributed by atoms with van der Waals surface area (Å²) in [5, 5.41) is 9.72. The van der Waals surface area contributed by atoms with E-state index in [1.54, 1.807) is 23.9 Å². The molecule has 1 heterocycles. The summed E-state index contributed by atoms with van der Waals surface area (Å²) in [6.45, 7) is 0.433. The highest BCUT2D eigenvalue weighted by atomic mass is 35.5. The van der Waals surface area contributed by atoms with Gasteiger partial charge in [0.1, 0.15) is 4.88 Å². The summed E-state index contributed by atoms with van der Waals surface area (Å²) in [6.07, 6.45) is 8.01. The Balaban J connectivity index is 1.37. The molecule has 0 amide bonds. The van der Waals surface area contributed by atoms with Gasteiger partial charge in [-0.25, -0.2) is 4.79 Å². The van der Waals surface area contributed by atoms with E-state index in [-0.39, 0.29) is 5.97 Å². The first-order valence-corrected chi connectivity index (χ1v) is 13.0. The second-order valence-electron chi connectivity index (χ2n) is 7.44. The minimum Gasteiger partial charge on any atom is -0.462 e. The summed E-state index contributed by atoms with van der Waals surface area (Å²) >= 11 is 8.76. The van der Waals surface area contributed by atoms with Crippen LogP contribution in [0.25, 0.3) is 5.57 Å². The van der Waals surface area contributed by atoms with Crippen LogP contribution >= 0.6 is 34.7 Å². The lowest BCUT2D eigenvalue weighted by Gasteiger charge is -2.08. The molecule has 3 nitrogen and oxygen atoms in total. The van der Waals surface area contributed by atoms with Gasteiger partial charge in [-0.1, -0.05) is 85.1 Å². The highest BCUT2D eigenvalue weighted by Crippen LogP contribution is 2.33. The van der Waals surface area contributed by atoms with Crippen molar-refractivity contribution in [1.29, 1.82) is 5.26 Å². The highest BCUT2D eigenvalue weighted by Gasteiger charge is 2.10. The lowest BCUT2D eigenvalue weighted by atomic mass is 10.0. The summed E-state index contributed by atoms with van der Waals surface area (Å²) in [4.78, 5) is 14.7. The fourth-order valence-electron chi connectivity index (χ4n) is 3.29. The fraction of sp³-hybridized carbons (Fsp3) is 0.259. The molecule has 170 valence electrons. The molecule has 33 heavy (non-hydrogen) atoms. The molecule has 0 saturated heterocycles. The van der Waals surface area contributed by atoms with Crippen LogP contribution < -0.4 is 0 Å². The number of hydrogen-bond acceptors (Lipinski definition) is 5. The monoisotopic (exact) mass is 495 g/mol. The number of halogens is 1. The molecule has 0 aliphatic rings. The zero-order valence-electron chi connectivity index (χ0n) is 18.3. The SMILES string of the molecule is N#C/C(=C\CCCCCCCOC(=O)c1ccc(Cl)s1)c1ccccc1Sc1ccccc1. The first kappa shape index (κ1) is 25.1. The van der Waals surface area contributed by atoms with Gasteiger partial charge >= 0.3 is 5.97 Å². The van der Waals surface area contributed by atoms with E-state index in [4.69, 9.17) is 16.3 Å². The number of ether oxygens (including phenoxy) is 1. The van der Waals surface area contributed by atoms with Crippen LogP contribution in [-0.4, -0.2) is 12.6 Å². The van der Waals surface area contributed by atoms with Crippen molar-refractivity contribution in [3.8, 4) is 6.07 Å². The molecular weight excluding hydrogens is 470 g/mol. The third-order valence-corrected chi connectivity index (χ3v) is 7.27. The number of esters is 1. The van der Waals surface area contributed by atoms with Gasteiger partial charge in [0.15, 0.2) is 0 Å². The molecule has 0 saturated carbocycles. The lowest BCUT2D eigenvalue weighted by molar-refractivity contribution is 0.0503. The van der Waals surface area contributed by atoms with Crippen molar-refractivity contribution in [3.63, 3.8) is 0 Å². The largest absolute Gasteiger partial charge is 0.462 e. The second kappa shape index (κ2) is 13.9. The molecule has 0 bridgehead atoms. The number of carbonyl (C=O) groups excluding carboxylic acids is 1. The van der Waals surface area contributed by atoms with E-state index in [2.05, 4.69) is 30.3 Å².